The van der Waals surface area contributed by atoms with Crippen molar-refractivity contribution in [3.8, 4) is 0 Å². The average molecular weight is 399 g/mol. The number of carbonyl (C=O) groups is 1. The molecule has 2 aliphatic heterocycles. The fraction of sp³-hybridized carbons (Fsp3) is 0.591. The highest BCUT2D eigenvalue weighted by Gasteiger charge is 2.34. The zero-order valence-electron chi connectivity index (χ0n) is 17.8. The van der Waals surface area contributed by atoms with E-state index in [0.29, 0.717) is 19.8 Å². The summed E-state index contributed by atoms with van der Waals surface area (Å²) in [6, 6.07) is 4.16. The molecular formula is C22H30N4O3. The van der Waals surface area contributed by atoms with E-state index in [-0.39, 0.29) is 12.1 Å². The maximum Gasteiger partial charge on any atom is 0.410 e. The van der Waals surface area contributed by atoms with Gasteiger partial charge in [-0.3, -0.25) is 4.98 Å². The molecule has 29 heavy (non-hydrogen) atoms. The first kappa shape index (κ1) is 19.9. The van der Waals surface area contributed by atoms with E-state index in [4.69, 9.17) is 19.4 Å². The Morgan fingerprint density at radius 1 is 1.21 bits per heavy atom. The molecule has 1 amide bonds. The van der Waals surface area contributed by atoms with Crippen LogP contribution in [0.1, 0.15) is 50.8 Å². The van der Waals surface area contributed by atoms with Crippen LogP contribution in [-0.4, -0.2) is 59.4 Å². The van der Waals surface area contributed by atoms with Crippen molar-refractivity contribution < 1.29 is 14.3 Å². The van der Waals surface area contributed by atoms with Gasteiger partial charge in [-0.2, -0.15) is 0 Å². The summed E-state index contributed by atoms with van der Waals surface area (Å²) in [5.41, 5.74) is 3.42. The van der Waals surface area contributed by atoms with Crippen molar-refractivity contribution in [2.24, 2.45) is 0 Å². The number of fused-ring (bicyclic) bond motifs is 1. The highest BCUT2D eigenvalue weighted by Crippen LogP contribution is 2.37. The molecule has 2 aliphatic rings. The number of hydrogen-bond donors (Lipinski definition) is 0. The van der Waals surface area contributed by atoms with Gasteiger partial charge in [-0.1, -0.05) is 6.07 Å². The fourth-order valence-corrected chi connectivity index (χ4v) is 4.11. The van der Waals surface area contributed by atoms with E-state index in [1.54, 1.807) is 0 Å². The van der Waals surface area contributed by atoms with Crippen LogP contribution in [0.2, 0.25) is 0 Å². The summed E-state index contributed by atoms with van der Waals surface area (Å²) in [6.45, 7) is 11.5. The van der Waals surface area contributed by atoms with E-state index < -0.39 is 5.60 Å². The quantitative estimate of drug-likeness (QED) is 0.766. The predicted molar refractivity (Wildman–Crippen MR) is 112 cm³/mol. The number of aryl methyl sites for hydroxylation is 1. The minimum absolute atomic E-state index is 0.0403. The van der Waals surface area contributed by atoms with Gasteiger partial charge in [0.2, 0.25) is 0 Å². The molecule has 2 aromatic rings. The molecule has 0 aliphatic carbocycles. The molecule has 7 heteroatoms. The first-order chi connectivity index (χ1) is 13.8. The summed E-state index contributed by atoms with van der Waals surface area (Å²) in [5.74, 6) is 0.868. The van der Waals surface area contributed by atoms with Crippen LogP contribution in [0.4, 0.5) is 10.6 Å². The predicted octanol–water partition coefficient (Wildman–Crippen LogP) is 3.85. The topological polar surface area (TPSA) is 67.8 Å². The Balaban J connectivity index is 1.72. The molecule has 0 N–H and O–H groups in total. The largest absolute Gasteiger partial charge is 0.444 e. The molecule has 1 unspecified atom stereocenters. The van der Waals surface area contributed by atoms with Crippen LogP contribution in [0.15, 0.2) is 18.3 Å². The lowest BCUT2D eigenvalue weighted by Gasteiger charge is -2.30. The molecule has 2 fully saturated rings. The Kier molecular flexibility index (Phi) is 5.34. The fourth-order valence-electron chi connectivity index (χ4n) is 4.11. The van der Waals surface area contributed by atoms with Gasteiger partial charge in [-0.05, 0) is 52.2 Å². The van der Waals surface area contributed by atoms with Gasteiger partial charge in [0.25, 0.3) is 0 Å². The van der Waals surface area contributed by atoms with Crippen LogP contribution in [0, 0.1) is 6.92 Å². The number of amides is 1. The highest BCUT2D eigenvalue weighted by molar-refractivity contribution is 5.82. The summed E-state index contributed by atoms with van der Waals surface area (Å²) in [4.78, 5) is 26.6. The zero-order chi connectivity index (χ0) is 20.6. The van der Waals surface area contributed by atoms with Gasteiger partial charge >= 0.3 is 6.09 Å². The van der Waals surface area contributed by atoms with Gasteiger partial charge in [0.15, 0.2) is 0 Å². The average Bonchev–Trinajstić information content (AvgIpc) is 3.16. The first-order valence-corrected chi connectivity index (χ1v) is 10.4. The maximum absolute atomic E-state index is 12.8. The van der Waals surface area contributed by atoms with Crippen LogP contribution < -0.4 is 4.90 Å². The third-order valence-electron chi connectivity index (χ3n) is 5.38. The molecule has 3 heterocycles. The lowest BCUT2D eigenvalue weighted by molar-refractivity contribution is 0.0225. The van der Waals surface area contributed by atoms with E-state index in [0.717, 1.165) is 53.9 Å². The maximum atomic E-state index is 12.8. The van der Waals surface area contributed by atoms with Crippen LogP contribution in [0.3, 0.4) is 0 Å². The van der Waals surface area contributed by atoms with Gasteiger partial charge in [0.05, 0.1) is 36.5 Å². The number of rotatable bonds is 2. The lowest BCUT2D eigenvalue weighted by atomic mass is 10.00. The molecule has 4 rings (SSSR count). The van der Waals surface area contributed by atoms with Gasteiger partial charge in [-0.25, -0.2) is 9.78 Å². The Bertz CT molecular complexity index is 903. The smallest absolute Gasteiger partial charge is 0.410 e. The second kappa shape index (κ2) is 7.78. The summed E-state index contributed by atoms with van der Waals surface area (Å²) in [6.07, 6.45) is 3.45. The van der Waals surface area contributed by atoms with Gasteiger partial charge < -0.3 is 19.3 Å². The summed E-state index contributed by atoms with van der Waals surface area (Å²) in [7, 11) is 0. The van der Waals surface area contributed by atoms with Gasteiger partial charge in [-0.15, -0.1) is 0 Å². The number of aromatic nitrogens is 2. The van der Waals surface area contributed by atoms with Crippen LogP contribution in [-0.2, 0) is 9.47 Å². The number of morpholine rings is 1. The van der Waals surface area contributed by atoms with Crippen molar-refractivity contribution in [2.75, 3.05) is 37.7 Å². The molecule has 0 radical (unpaired) electrons. The Hall–Kier alpha value is -2.41. The molecule has 7 nitrogen and oxygen atoms in total. The summed E-state index contributed by atoms with van der Waals surface area (Å²) >= 11 is 0. The molecule has 1 aromatic carbocycles. The Morgan fingerprint density at radius 2 is 1.97 bits per heavy atom. The molecule has 0 bridgehead atoms. The second-order valence-electron chi connectivity index (χ2n) is 8.88. The van der Waals surface area contributed by atoms with Crippen molar-refractivity contribution >= 4 is 22.9 Å². The molecule has 1 aromatic heterocycles. The molecule has 0 saturated carbocycles. The SMILES string of the molecule is Cc1cc(C2CCCN2C(=O)OC(C)(C)C)c2nc(N3CCOCC3)cnc2c1. The number of ether oxygens (including phenoxy) is 2. The Labute approximate surface area is 172 Å². The minimum atomic E-state index is -0.512. The van der Waals surface area contributed by atoms with Crippen LogP contribution in [0.5, 0.6) is 0 Å². The molecular weight excluding hydrogens is 368 g/mol. The monoisotopic (exact) mass is 398 g/mol. The lowest BCUT2D eigenvalue weighted by Crippen LogP contribution is -2.37. The number of hydrogen-bond acceptors (Lipinski definition) is 6. The van der Waals surface area contributed by atoms with Crippen LogP contribution >= 0.6 is 0 Å². The minimum Gasteiger partial charge on any atom is -0.444 e. The van der Waals surface area contributed by atoms with Crippen molar-refractivity contribution in [1.82, 2.24) is 14.9 Å². The number of likely N-dealkylation sites (tertiary alicyclic amines) is 1. The zero-order valence-corrected chi connectivity index (χ0v) is 17.8. The van der Waals surface area contributed by atoms with Crippen molar-refractivity contribution in [1.29, 1.82) is 0 Å². The van der Waals surface area contributed by atoms with Crippen molar-refractivity contribution in [2.45, 2.75) is 52.2 Å². The Morgan fingerprint density at radius 3 is 2.69 bits per heavy atom. The third-order valence-corrected chi connectivity index (χ3v) is 5.38. The molecule has 2 saturated heterocycles. The first-order valence-electron chi connectivity index (χ1n) is 10.4. The van der Waals surface area contributed by atoms with E-state index in [2.05, 4.69) is 24.0 Å². The van der Waals surface area contributed by atoms with Gasteiger partial charge in [0, 0.05) is 25.2 Å². The standard InChI is InChI=1S/C22H30N4O3/c1-15-12-16(18-6-5-7-26(18)21(27)29-22(2,3)4)20-17(13-15)23-14-19(24-20)25-8-10-28-11-9-25/h12-14,18H,5-11H2,1-4H3. The van der Waals surface area contributed by atoms with Crippen molar-refractivity contribution in [3.05, 3.63) is 29.5 Å². The highest BCUT2D eigenvalue weighted by atomic mass is 16.6. The molecule has 156 valence electrons. The summed E-state index contributed by atoms with van der Waals surface area (Å²) < 4.78 is 11.1. The molecule has 1 atom stereocenters. The van der Waals surface area contributed by atoms with Crippen LogP contribution in [0.25, 0.3) is 11.0 Å². The number of carbonyl (C=O) groups excluding carboxylic acids is 1. The van der Waals surface area contributed by atoms with E-state index in [9.17, 15) is 4.79 Å². The molecule has 0 spiro atoms. The van der Waals surface area contributed by atoms with Gasteiger partial charge in [0.1, 0.15) is 11.4 Å². The number of anilines is 1. The second-order valence-corrected chi connectivity index (χ2v) is 8.88. The summed E-state index contributed by atoms with van der Waals surface area (Å²) in [5, 5.41) is 0. The van der Waals surface area contributed by atoms with Crippen molar-refractivity contribution in [3.63, 3.8) is 0 Å². The number of benzene rings is 1. The van der Waals surface area contributed by atoms with E-state index >= 15 is 0 Å². The van der Waals surface area contributed by atoms with E-state index in [1.165, 1.54) is 0 Å². The van der Waals surface area contributed by atoms with E-state index in [1.807, 2.05) is 31.9 Å². The third kappa shape index (κ3) is 4.29. The number of nitrogens with zero attached hydrogens (tertiary/aromatic N) is 4. The normalized spacial score (nSPS) is 20.3.